The van der Waals surface area contributed by atoms with Crippen molar-refractivity contribution in [3.05, 3.63) is 18.2 Å². The lowest BCUT2D eigenvalue weighted by atomic mass is 10.2. The number of anilines is 2. The van der Waals surface area contributed by atoms with Crippen LogP contribution in [-0.2, 0) is 0 Å². The van der Waals surface area contributed by atoms with Crippen molar-refractivity contribution in [3.8, 4) is 5.75 Å². The standard InChI is InChI=1S/C10H11FN2O3/c11-6-16-8-3-1-2-7-9(8)12-4-5-13(7)10(14)15/h1-3,12H,4-6H2,(H,14,15). The third-order valence-electron chi connectivity index (χ3n) is 2.37. The van der Waals surface area contributed by atoms with E-state index in [1.54, 1.807) is 18.2 Å². The average molecular weight is 226 g/mol. The molecule has 5 nitrogen and oxygen atoms in total. The molecule has 0 saturated carbocycles. The second-order valence-corrected chi connectivity index (χ2v) is 3.26. The lowest BCUT2D eigenvalue weighted by Gasteiger charge is -2.29. The molecule has 2 N–H and O–H groups in total. The highest BCUT2D eigenvalue weighted by Gasteiger charge is 2.23. The van der Waals surface area contributed by atoms with E-state index in [9.17, 15) is 9.18 Å². The normalized spacial score (nSPS) is 13.9. The maximum Gasteiger partial charge on any atom is 0.411 e. The fourth-order valence-corrected chi connectivity index (χ4v) is 1.71. The van der Waals surface area contributed by atoms with E-state index in [0.717, 1.165) is 0 Å². The lowest BCUT2D eigenvalue weighted by molar-refractivity contribution is 0.192. The van der Waals surface area contributed by atoms with Crippen molar-refractivity contribution in [1.29, 1.82) is 0 Å². The number of ether oxygens (including phenoxy) is 1. The molecule has 0 aromatic heterocycles. The quantitative estimate of drug-likeness (QED) is 0.808. The number of alkyl halides is 1. The molecule has 2 rings (SSSR count). The van der Waals surface area contributed by atoms with Gasteiger partial charge in [0, 0.05) is 13.1 Å². The van der Waals surface area contributed by atoms with Crippen molar-refractivity contribution in [2.75, 3.05) is 30.2 Å². The zero-order valence-corrected chi connectivity index (χ0v) is 8.44. The first kappa shape index (κ1) is 10.5. The van der Waals surface area contributed by atoms with E-state index in [4.69, 9.17) is 9.84 Å². The average Bonchev–Trinajstić information content (AvgIpc) is 2.29. The molecule has 1 aromatic rings. The Morgan fingerprint density at radius 2 is 2.44 bits per heavy atom. The molecule has 0 saturated heterocycles. The maximum absolute atomic E-state index is 12.1. The summed E-state index contributed by atoms with van der Waals surface area (Å²) in [5.74, 6) is 0.325. The van der Waals surface area contributed by atoms with Gasteiger partial charge in [0.05, 0.1) is 5.69 Å². The van der Waals surface area contributed by atoms with Crippen LogP contribution in [0, 0.1) is 0 Å². The maximum atomic E-state index is 12.1. The van der Waals surface area contributed by atoms with Crippen molar-refractivity contribution in [2.45, 2.75) is 0 Å². The molecule has 0 spiro atoms. The van der Waals surface area contributed by atoms with Crippen LogP contribution in [0.1, 0.15) is 0 Å². The van der Waals surface area contributed by atoms with Gasteiger partial charge in [0.25, 0.3) is 0 Å². The monoisotopic (exact) mass is 226 g/mol. The molecule has 1 aliphatic heterocycles. The minimum Gasteiger partial charge on any atom is -0.465 e. The number of nitrogens with one attached hydrogen (secondary N) is 1. The third kappa shape index (κ3) is 1.73. The molecule has 1 aliphatic rings. The number of nitrogens with zero attached hydrogens (tertiary/aromatic N) is 1. The van der Waals surface area contributed by atoms with Gasteiger partial charge in [0.1, 0.15) is 11.4 Å². The van der Waals surface area contributed by atoms with Crippen molar-refractivity contribution >= 4 is 17.5 Å². The topological polar surface area (TPSA) is 61.8 Å². The summed E-state index contributed by atoms with van der Waals surface area (Å²) in [6, 6.07) is 4.88. The van der Waals surface area contributed by atoms with E-state index < -0.39 is 13.0 Å². The van der Waals surface area contributed by atoms with Crippen LogP contribution in [0.4, 0.5) is 20.6 Å². The molecule has 0 aliphatic carbocycles. The van der Waals surface area contributed by atoms with Crippen molar-refractivity contribution < 1.29 is 19.0 Å². The summed E-state index contributed by atoms with van der Waals surface area (Å²) < 4.78 is 16.9. The smallest absolute Gasteiger partial charge is 0.411 e. The van der Waals surface area contributed by atoms with Crippen LogP contribution in [0.15, 0.2) is 18.2 Å². The number of carboxylic acid groups (broad SMARTS) is 1. The Kier molecular flexibility index (Phi) is 2.80. The third-order valence-corrected chi connectivity index (χ3v) is 2.37. The Labute approximate surface area is 91.4 Å². The molecule has 0 unspecified atom stereocenters. The summed E-state index contributed by atoms with van der Waals surface area (Å²) in [6.07, 6.45) is -1.03. The summed E-state index contributed by atoms with van der Waals surface area (Å²) in [4.78, 5) is 12.2. The summed E-state index contributed by atoms with van der Waals surface area (Å²) in [5.41, 5.74) is 1.01. The van der Waals surface area contributed by atoms with Crippen LogP contribution in [0.3, 0.4) is 0 Å². The number of carbonyl (C=O) groups is 1. The van der Waals surface area contributed by atoms with E-state index in [2.05, 4.69) is 5.32 Å². The van der Waals surface area contributed by atoms with Gasteiger partial charge in [-0.25, -0.2) is 9.18 Å². The zero-order valence-electron chi connectivity index (χ0n) is 8.44. The predicted octanol–water partition coefficient (Wildman–Crippen LogP) is 1.90. The molecule has 1 amide bonds. The van der Waals surface area contributed by atoms with Gasteiger partial charge in [-0.05, 0) is 12.1 Å². The Hall–Kier alpha value is -1.98. The highest BCUT2D eigenvalue weighted by atomic mass is 19.1. The number of hydrogen-bond acceptors (Lipinski definition) is 3. The van der Waals surface area contributed by atoms with Gasteiger partial charge < -0.3 is 15.2 Å². The Morgan fingerprint density at radius 1 is 1.62 bits per heavy atom. The molecule has 0 fully saturated rings. The Morgan fingerprint density at radius 3 is 3.12 bits per heavy atom. The van der Waals surface area contributed by atoms with Crippen LogP contribution in [0.25, 0.3) is 0 Å². The van der Waals surface area contributed by atoms with Crippen molar-refractivity contribution in [3.63, 3.8) is 0 Å². The van der Waals surface area contributed by atoms with E-state index in [1.165, 1.54) is 4.90 Å². The van der Waals surface area contributed by atoms with Gasteiger partial charge in [-0.2, -0.15) is 0 Å². The first-order chi connectivity index (χ1) is 7.74. The minimum absolute atomic E-state index is 0.325. The molecule has 0 radical (unpaired) electrons. The van der Waals surface area contributed by atoms with Gasteiger partial charge in [-0.3, -0.25) is 4.90 Å². The second-order valence-electron chi connectivity index (χ2n) is 3.26. The molecular weight excluding hydrogens is 215 g/mol. The molecule has 0 bridgehead atoms. The fourth-order valence-electron chi connectivity index (χ4n) is 1.71. The van der Waals surface area contributed by atoms with Gasteiger partial charge in [0.2, 0.25) is 6.86 Å². The van der Waals surface area contributed by atoms with Gasteiger partial charge in [0.15, 0.2) is 0 Å². The molecule has 1 heterocycles. The van der Waals surface area contributed by atoms with E-state index in [1.807, 2.05) is 0 Å². The molecule has 86 valence electrons. The van der Waals surface area contributed by atoms with Crippen LogP contribution >= 0.6 is 0 Å². The first-order valence-corrected chi connectivity index (χ1v) is 4.80. The zero-order chi connectivity index (χ0) is 11.5. The minimum atomic E-state index is -1.03. The van der Waals surface area contributed by atoms with E-state index in [-0.39, 0.29) is 0 Å². The summed E-state index contributed by atoms with van der Waals surface area (Å²) in [5, 5.41) is 12.0. The number of rotatable bonds is 2. The van der Waals surface area contributed by atoms with Crippen LogP contribution in [0.2, 0.25) is 0 Å². The van der Waals surface area contributed by atoms with Crippen LogP contribution in [-0.4, -0.2) is 31.1 Å². The van der Waals surface area contributed by atoms with Crippen LogP contribution in [0.5, 0.6) is 5.75 Å². The van der Waals surface area contributed by atoms with Crippen molar-refractivity contribution in [2.24, 2.45) is 0 Å². The number of benzene rings is 1. The van der Waals surface area contributed by atoms with Gasteiger partial charge in [-0.15, -0.1) is 0 Å². The number of halogens is 1. The Balaban J connectivity index is 2.42. The largest absolute Gasteiger partial charge is 0.465 e. The number of fused-ring (bicyclic) bond motifs is 1. The van der Waals surface area contributed by atoms with E-state index >= 15 is 0 Å². The summed E-state index contributed by atoms with van der Waals surface area (Å²) in [7, 11) is 0. The molecular formula is C10H11FN2O3. The first-order valence-electron chi connectivity index (χ1n) is 4.80. The molecule has 16 heavy (non-hydrogen) atoms. The number of amides is 1. The van der Waals surface area contributed by atoms with E-state index in [0.29, 0.717) is 30.2 Å². The SMILES string of the molecule is O=C(O)N1CCNc2c(OCF)cccc21. The van der Waals surface area contributed by atoms with Crippen molar-refractivity contribution in [1.82, 2.24) is 0 Å². The highest BCUT2D eigenvalue weighted by molar-refractivity contribution is 5.93. The summed E-state index contributed by atoms with van der Waals surface area (Å²) >= 11 is 0. The van der Waals surface area contributed by atoms with Gasteiger partial charge >= 0.3 is 6.09 Å². The molecule has 6 heteroatoms. The second kappa shape index (κ2) is 4.26. The van der Waals surface area contributed by atoms with Gasteiger partial charge in [-0.1, -0.05) is 6.07 Å². The fraction of sp³-hybridized carbons (Fsp3) is 0.300. The number of para-hydroxylation sites is 1. The molecule has 1 aromatic carbocycles. The Bertz CT molecular complexity index is 411. The summed E-state index contributed by atoms with van der Waals surface area (Å²) in [6.45, 7) is -0.0986. The van der Waals surface area contributed by atoms with Crippen LogP contribution < -0.4 is 15.0 Å². The molecule has 0 atom stereocenters. The predicted molar refractivity (Wildman–Crippen MR) is 56.9 cm³/mol. The lowest BCUT2D eigenvalue weighted by Crippen LogP contribution is -2.37. The highest BCUT2D eigenvalue weighted by Crippen LogP contribution is 2.37. The number of hydrogen-bond donors (Lipinski definition) is 2.